The molecule has 1 rings (SSSR count). The van der Waals surface area contributed by atoms with Gasteiger partial charge in [0.05, 0.1) is 12.9 Å². The van der Waals surface area contributed by atoms with Gasteiger partial charge in [-0.3, -0.25) is 9.63 Å². The van der Waals surface area contributed by atoms with Crippen molar-refractivity contribution in [2.45, 2.75) is 5.75 Å². The Morgan fingerprint density at radius 2 is 2.13 bits per heavy atom. The highest BCUT2D eigenvalue weighted by atomic mass is 32.2. The second-order valence-corrected chi connectivity index (χ2v) is 3.83. The van der Waals surface area contributed by atoms with E-state index in [1.54, 1.807) is 12.1 Å². The van der Waals surface area contributed by atoms with Gasteiger partial charge in [-0.25, -0.2) is 9.87 Å². The Bertz CT molecular complexity index is 316. The summed E-state index contributed by atoms with van der Waals surface area (Å²) in [6.07, 6.45) is 0. The lowest BCUT2D eigenvalue weighted by Crippen LogP contribution is -2.23. The molecule has 0 radical (unpaired) electrons. The van der Waals surface area contributed by atoms with Crippen LogP contribution in [0.1, 0.15) is 5.56 Å². The summed E-state index contributed by atoms with van der Waals surface area (Å²) in [4.78, 5) is 15.4. The van der Waals surface area contributed by atoms with Gasteiger partial charge in [0.1, 0.15) is 5.82 Å². The molecular weight excluding hydrogens is 217 g/mol. The minimum atomic E-state index is -0.249. The van der Waals surface area contributed by atoms with E-state index >= 15 is 0 Å². The third kappa shape index (κ3) is 4.80. The maximum atomic E-state index is 12.6. The molecule has 0 aliphatic carbocycles. The molecule has 0 aromatic heterocycles. The van der Waals surface area contributed by atoms with Gasteiger partial charge < -0.3 is 0 Å². The molecule has 0 unspecified atom stereocenters. The van der Waals surface area contributed by atoms with Crippen molar-refractivity contribution in [3.8, 4) is 0 Å². The van der Waals surface area contributed by atoms with E-state index in [1.807, 2.05) is 0 Å². The lowest BCUT2D eigenvalue weighted by atomic mass is 10.2. The average molecular weight is 229 g/mol. The molecule has 0 saturated carbocycles. The Labute approximate surface area is 92.0 Å². The molecule has 3 nitrogen and oxygen atoms in total. The van der Waals surface area contributed by atoms with Crippen molar-refractivity contribution in [2.24, 2.45) is 0 Å². The normalized spacial score (nSPS) is 10.0. The quantitative estimate of drug-likeness (QED) is 0.781. The van der Waals surface area contributed by atoms with Crippen LogP contribution in [0.3, 0.4) is 0 Å². The van der Waals surface area contributed by atoms with Gasteiger partial charge in [0.15, 0.2) is 0 Å². The molecule has 0 spiro atoms. The number of carbonyl (C=O) groups is 1. The fourth-order valence-electron chi connectivity index (χ4n) is 0.986. The second-order valence-electron chi connectivity index (χ2n) is 2.85. The summed E-state index contributed by atoms with van der Waals surface area (Å²) >= 11 is 1.45. The number of hydrogen-bond donors (Lipinski definition) is 1. The van der Waals surface area contributed by atoms with E-state index in [-0.39, 0.29) is 11.7 Å². The van der Waals surface area contributed by atoms with Gasteiger partial charge >= 0.3 is 0 Å². The number of rotatable bonds is 5. The van der Waals surface area contributed by atoms with Crippen LogP contribution in [0.25, 0.3) is 0 Å². The summed E-state index contributed by atoms with van der Waals surface area (Å²) in [5.74, 6) is 0.577. The van der Waals surface area contributed by atoms with Gasteiger partial charge in [-0.05, 0) is 17.7 Å². The first-order valence-corrected chi connectivity index (χ1v) is 5.52. The van der Waals surface area contributed by atoms with Crippen LogP contribution in [0.15, 0.2) is 24.3 Å². The summed E-state index contributed by atoms with van der Waals surface area (Å²) in [6, 6.07) is 6.23. The Hall–Kier alpha value is -1.07. The van der Waals surface area contributed by atoms with Gasteiger partial charge in [0, 0.05) is 5.75 Å². The average Bonchev–Trinajstić information content (AvgIpc) is 2.21. The SMILES string of the molecule is CONC(=O)CSCc1ccc(F)cc1. The molecule has 1 N–H and O–H groups in total. The van der Waals surface area contributed by atoms with E-state index in [0.29, 0.717) is 11.5 Å². The first-order chi connectivity index (χ1) is 7.22. The molecule has 0 aliphatic rings. The molecule has 0 saturated heterocycles. The zero-order valence-corrected chi connectivity index (χ0v) is 9.14. The van der Waals surface area contributed by atoms with E-state index in [0.717, 1.165) is 5.56 Å². The summed E-state index contributed by atoms with van der Waals surface area (Å²) in [6.45, 7) is 0. The topological polar surface area (TPSA) is 38.3 Å². The highest BCUT2D eigenvalue weighted by Gasteiger charge is 2.00. The first-order valence-electron chi connectivity index (χ1n) is 4.36. The van der Waals surface area contributed by atoms with Crippen LogP contribution in [-0.4, -0.2) is 18.8 Å². The third-order valence-corrected chi connectivity index (χ3v) is 2.63. The van der Waals surface area contributed by atoms with Crippen LogP contribution >= 0.6 is 11.8 Å². The minimum Gasteiger partial charge on any atom is -0.277 e. The highest BCUT2D eigenvalue weighted by molar-refractivity contribution is 7.99. The number of hydroxylamine groups is 1. The molecule has 0 aliphatic heterocycles. The van der Waals surface area contributed by atoms with E-state index in [4.69, 9.17) is 0 Å². The first kappa shape index (κ1) is 12.0. The van der Waals surface area contributed by atoms with Crippen molar-refractivity contribution < 1.29 is 14.0 Å². The van der Waals surface area contributed by atoms with E-state index in [1.165, 1.54) is 31.0 Å². The van der Waals surface area contributed by atoms with Crippen molar-refractivity contribution >= 4 is 17.7 Å². The van der Waals surface area contributed by atoms with E-state index < -0.39 is 0 Å². The molecular formula is C10H12FNO2S. The monoisotopic (exact) mass is 229 g/mol. The highest BCUT2D eigenvalue weighted by Crippen LogP contribution is 2.12. The van der Waals surface area contributed by atoms with Crippen molar-refractivity contribution in [1.82, 2.24) is 5.48 Å². The number of benzene rings is 1. The van der Waals surface area contributed by atoms with Gasteiger partial charge in [0.2, 0.25) is 0 Å². The summed E-state index contributed by atoms with van der Waals surface area (Å²) < 4.78 is 12.6. The lowest BCUT2D eigenvalue weighted by Gasteiger charge is -2.02. The van der Waals surface area contributed by atoms with Crippen molar-refractivity contribution in [3.05, 3.63) is 35.6 Å². The minimum absolute atomic E-state index is 0.176. The smallest absolute Gasteiger partial charge is 0.253 e. The summed E-state index contributed by atoms with van der Waals surface area (Å²) in [5.41, 5.74) is 3.21. The van der Waals surface area contributed by atoms with Gasteiger partial charge in [-0.2, -0.15) is 0 Å². The van der Waals surface area contributed by atoms with Crippen LogP contribution in [0.5, 0.6) is 0 Å². The molecule has 0 bridgehead atoms. The summed E-state index contributed by atoms with van der Waals surface area (Å²) in [5, 5.41) is 0. The van der Waals surface area contributed by atoms with Crippen molar-refractivity contribution in [3.63, 3.8) is 0 Å². The maximum absolute atomic E-state index is 12.6. The molecule has 1 aromatic rings. The maximum Gasteiger partial charge on any atom is 0.253 e. The molecule has 0 atom stereocenters. The summed E-state index contributed by atoms with van der Waals surface area (Å²) in [7, 11) is 1.39. The van der Waals surface area contributed by atoms with Crippen LogP contribution in [-0.2, 0) is 15.4 Å². The number of hydrogen-bond acceptors (Lipinski definition) is 3. The van der Waals surface area contributed by atoms with Gasteiger partial charge in [0.25, 0.3) is 5.91 Å². The predicted octanol–water partition coefficient (Wildman–Crippen LogP) is 1.74. The molecule has 1 aromatic carbocycles. The molecule has 1 amide bonds. The number of thioether (sulfide) groups is 1. The Morgan fingerprint density at radius 1 is 1.47 bits per heavy atom. The van der Waals surface area contributed by atoms with E-state index in [9.17, 15) is 9.18 Å². The number of carbonyl (C=O) groups excluding carboxylic acids is 1. The van der Waals surface area contributed by atoms with E-state index in [2.05, 4.69) is 10.3 Å². The molecule has 0 heterocycles. The van der Waals surface area contributed by atoms with Crippen LogP contribution in [0, 0.1) is 5.82 Å². The number of nitrogens with one attached hydrogen (secondary N) is 1. The number of halogens is 1. The third-order valence-electron chi connectivity index (χ3n) is 1.63. The zero-order chi connectivity index (χ0) is 11.1. The van der Waals surface area contributed by atoms with Crippen molar-refractivity contribution in [2.75, 3.05) is 12.9 Å². The van der Waals surface area contributed by atoms with Gasteiger partial charge in [-0.15, -0.1) is 11.8 Å². The fraction of sp³-hybridized carbons (Fsp3) is 0.300. The van der Waals surface area contributed by atoms with Gasteiger partial charge in [-0.1, -0.05) is 12.1 Å². The van der Waals surface area contributed by atoms with Crippen LogP contribution < -0.4 is 5.48 Å². The zero-order valence-electron chi connectivity index (χ0n) is 8.33. The second kappa shape index (κ2) is 6.42. The largest absolute Gasteiger partial charge is 0.277 e. The molecule has 0 fully saturated rings. The fourth-order valence-corrected chi connectivity index (χ4v) is 1.76. The lowest BCUT2D eigenvalue weighted by molar-refractivity contribution is -0.128. The molecule has 5 heteroatoms. The Balaban J connectivity index is 2.26. The van der Waals surface area contributed by atoms with Crippen LogP contribution in [0.4, 0.5) is 4.39 Å². The molecule has 15 heavy (non-hydrogen) atoms. The predicted molar refractivity (Wildman–Crippen MR) is 57.7 cm³/mol. The molecule has 82 valence electrons. The Morgan fingerprint density at radius 3 is 2.73 bits per heavy atom. The number of amides is 1. The Kier molecular flexibility index (Phi) is 5.14. The van der Waals surface area contributed by atoms with Crippen LogP contribution in [0.2, 0.25) is 0 Å². The van der Waals surface area contributed by atoms with Crippen molar-refractivity contribution in [1.29, 1.82) is 0 Å². The standard InChI is InChI=1S/C10H12FNO2S/c1-14-12-10(13)7-15-6-8-2-4-9(11)5-3-8/h2-5H,6-7H2,1H3,(H,12,13).